The lowest BCUT2D eigenvalue weighted by molar-refractivity contribution is 0.0624. The summed E-state index contributed by atoms with van der Waals surface area (Å²) in [7, 11) is 0. The van der Waals surface area contributed by atoms with Crippen LogP contribution in [0.5, 0.6) is 0 Å². The van der Waals surface area contributed by atoms with E-state index in [0.29, 0.717) is 43.3 Å². The number of carbonyl (C=O) groups is 2. The summed E-state index contributed by atoms with van der Waals surface area (Å²) < 4.78 is 14.0. The predicted octanol–water partition coefficient (Wildman–Crippen LogP) is 4.69. The van der Waals surface area contributed by atoms with Crippen molar-refractivity contribution >= 4 is 29.1 Å². The summed E-state index contributed by atoms with van der Waals surface area (Å²) in [6.45, 7) is 3.12. The van der Waals surface area contributed by atoms with Crippen LogP contribution in [-0.2, 0) is 6.54 Å². The summed E-state index contributed by atoms with van der Waals surface area (Å²) in [6.07, 6.45) is 0. The maximum atomic E-state index is 14.0. The van der Waals surface area contributed by atoms with Gasteiger partial charge in [-0.15, -0.1) is 0 Å². The Morgan fingerprint density at radius 1 is 0.906 bits per heavy atom. The summed E-state index contributed by atoms with van der Waals surface area (Å²) in [6, 6.07) is 20.9. The van der Waals surface area contributed by atoms with Crippen LogP contribution in [0.15, 0.2) is 72.8 Å². The highest BCUT2D eigenvalue weighted by Crippen LogP contribution is 2.18. The number of halogens is 2. The molecular weight excluding hydrogens is 429 g/mol. The number of amides is 2. The average Bonchev–Trinajstić information content (AvgIpc) is 2.82. The first-order chi connectivity index (χ1) is 15.5. The van der Waals surface area contributed by atoms with Gasteiger partial charge >= 0.3 is 0 Å². The zero-order chi connectivity index (χ0) is 22.5. The zero-order valence-electron chi connectivity index (χ0n) is 17.4. The van der Waals surface area contributed by atoms with Gasteiger partial charge in [0.15, 0.2) is 0 Å². The van der Waals surface area contributed by atoms with Crippen molar-refractivity contribution in [1.82, 2.24) is 9.80 Å². The molecule has 3 aromatic rings. The summed E-state index contributed by atoms with van der Waals surface area (Å²) in [5, 5.41) is 3.22. The van der Waals surface area contributed by atoms with Crippen molar-refractivity contribution in [2.45, 2.75) is 6.54 Å². The van der Waals surface area contributed by atoms with Crippen molar-refractivity contribution in [3.63, 3.8) is 0 Å². The molecule has 164 valence electrons. The van der Waals surface area contributed by atoms with Crippen LogP contribution < -0.4 is 5.32 Å². The van der Waals surface area contributed by atoms with Gasteiger partial charge in [0, 0.05) is 49.0 Å². The maximum Gasteiger partial charge on any atom is 0.256 e. The molecule has 4 rings (SSSR count). The van der Waals surface area contributed by atoms with Crippen molar-refractivity contribution in [1.29, 1.82) is 0 Å². The first-order valence-electron chi connectivity index (χ1n) is 10.4. The van der Waals surface area contributed by atoms with Gasteiger partial charge < -0.3 is 10.2 Å². The van der Waals surface area contributed by atoms with Gasteiger partial charge in [0.25, 0.3) is 11.8 Å². The Labute approximate surface area is 191 Å². The molecule has 1 heterocycles. The molecule has 7 heteroatoms. The molecule has 0 unspecified atom stereocenters. The molecular formula is C25H23ClFN3O2. The molecule has 2 amide bonds. The van der Waals surface area contributed by atoms with E-state index in [4.69, 9.17) is 11.6 Å². The van der Waals surface area contributed by atoms with E-state index in [1.54, 1.807) is 4.90 Å². The van der Waals surface area contributed by atoms with Gasteiger partial charge in [-0.1, -0.05) is 41.9 Å². The number of nitrogens with zero attached hydrogens (tertiary/aromatic N) is 2. The van der Waals surface area contributed by atoms with E-state index in [-0.39, 0.29) is 17.4 Å². The number of hydrogen-bond donors (Lipinski definition) is 1. The number of nitrogens with one attached hydrogen (secondary N) is 1. The minimum Gasteiger partial charge on any atom is -0.336 e. The largest absolute Gasteiger partial charge is 0.336 e. The molecule has 3 aromatic carbocycles. The van der Waals surface area contributed by atoms with E-state index in [1.807, 2.05) is 54.6 Å². The van der Waals surface area contributed by atoms with E-state index in [9.17, 15) is 14.0 Å². The molecule has 0 aromatic heterocycles. The van der Waals surface area contributed by atoms with Crippen LogP contribution in [0, 0.1) is 5.82 Å². The van der Waals surface area contributed by atoms with E-state index in [0.717, 1.165) is 11.3 Å². The Bertz CT molecular complexity index is 1100. The summed E-state index contributed by atoms with van der Waals surface area (Å²) in [5.41, 5.74) is 2.44. The number of piperazine rings is 1. The van der Waals surface area contributed by atoms with Crippen LogP contribution in [0.3, 0.4) is 0 Å². The topological polar surface area (TPSA) is 52.7 Å². The smallest absolute Gasteiger partial charge is 0.256 e. The highest BCUT2D eigenvalue weighted by atomic mass is 35.5. The monoisotopic (exact) mass is 451 g/mol. The molecule has 0 spiro atoms. The number of carbonyl (C=O) groups excluding carboxylic acids is 2. The van der Waals surface area contributed by atoms with Gasteiger partial charge in [0.2, 0.25) is 0 Å². The quantitative estimate of drug-likeness (QED) is 0.612. The minimum atomic E-state index is -0.557. The van der Waals surface area contributed by atoms with Gasteiger partial charge in [-0.2, -0.15) is 0 Å². The molecule has 1 aliphatic rings. The molecule has 1 N–H and O–H groups in total. The van der Waals surface area contributed by atoms with Gasteiger partial charge in [-0.3, -0.25) is 14.5 Å². The van der Waals surface area contributed by atoms with E-state index < -0.39 is 5.82 Å². The van der Waals surface area contributed by atoms with Gasteiger partial charge in [-0.25, -0.2) is 4.39 Å². The van der Waals surface area contributed by atoms with Crippen molar-refractivity contribution in [2.24, 2.45) is 0 Å². The Kier molecular flexibility index (Phi) is 6.83. The predicted molar refractivity (Wildman–Crippen MR) is 123 cm³/mol. The highest BCUT2D eigenvalue weighted by Gasteiger charge is 2.24. The zero-order valence-corrected chi connectivity index (χ0v) is 18.2. The second-order valence-electron chi connectivity index (χ2n) is 7.71. The molecule has 1 saturated heterocycles. The second kappa shape index (κ2) is 9.94. The van der Waals surface area contributed by atoms with E-state index >= 15 is 0 Å². The third-order valence-electron chi connectivity index (χ3n) is 5.47. The number of hydrogen-bond acceptors (Lipinski definition) is 3. The molecule has 0 bridgehead atoms. The molecule has 5 nitrogen and oxygen atoms in total. The van der Waals surface area contributed by atoms with Crippen molar-refractivity contribution < 1.29 is 14.0 Å². The van der Waals surface area contributed by atoms with Gasteiger partial charge in [-0.05, 0) is 48.0 Å². The number of rotatable bonds is 5. The number of para-hydroxylation sites is 1. The summed E-state index contributed by atoms with van der Waals surface area (Å²) >= 11 is 5.91. The Balaban J connectivity index is 1.30. The molecule has 1 fully saturated rings. The van der Waals surface area contributed by atoms with E-state index in [2.05, 4.69) is 10.2 Å². The fourth-order valence-corrected chi connectivity index (χ4v) is 3.86. The lowest BCUT2D eigenvalue weighted by atomic mass is 10.1. The van der Waals surface area contributed by atoms with Gasteiger partial charge in [0.1, 0.15) is 5.82 Å². The SMILES string of the molecule is O=C(Nc1ccccc1)c1ccc(CN2CCN(C(=O)c3cc(Cl)ccc3F)CC2)cc1. The van der Waals surface area contributed by atoms with Crippen molar-refractivity contribution in [3.8, 4) is 0 Å². The fourth-order valence-electron chi connectivity index (χ4n) is 3.69. The van der Waals surface area contributed by atoms with Crippen LogP contribution in [0.1, 0.15) is 26.3 Å². The van der Waals surface area contributed by atoms with Crippen LogP contribution in [0.2, 0.25) is 5.02 Å². The Hall–Kier alpha value is -3.22. The molecule has 1 aliphatic heterocycles. The second-order valence-corrected chi connectivity index (χ2v) is 8.15. The van der Waals surface area contributed by atoms with Crippen LogP contribution in [0.4, 0.5) is 10.1 Å². The van der Waals surface area contributed by atoms with Crippen LogP contribution in [0.25, 0.3) is 0 Å². The third kappa shape index (κ3) is 5.33. The Morgan fingerprint density at radius 2 is 1.59 bits per heavy atom. The van der Waals surface area contributed by atoms with Gasteiger partial charge in [0.05, 0.1) is 5.56 Å². The van der Waals surface area contributed by atoms with E-state index in [1.165, 1.54) is 18.2 Å². The van der Waals surface area contributed by atoms with Crippen LogP contribution >= 0.6 is 11.6 Å². The van der Waals surface area contributed by atoms with Crippen LogP contribution in [-0.4, -0.2) is 47.8 Å². The maximum absolute atomic E-state index is 14.0. The minimum absolute atomic E-state index is 0.00955. The fraction of sp³-hybridized carbons (Fsp3) is 0.200. The normalized spacial score (nSPS) is 14.2. The first kappa shape index (κ1) is 22.0. The highest BCUT2D eigenvalue weighted by molar-refractivity contribution is 6.31. The molecule has 0 aliphatic carbocycles. The number of anilines is 1. The molecule has 0 atom stereocenters. The summed E-state index contributed by atoms with van der Waals surface area (Å²) in [4.78, 5) is 28.9. The number of benzene rings is 3. The van der Waals surface area contributed by atoms with Crippen molar-refractivity contribution in [3.05, 3.63) is 100 Å². The molecule has 32 heavy (non-hydrogen) atoms. The Morgan fingerprint density at radius 3 is 2.28 bits per heavy atom. The first-order valence-corrected chi connectivity index (χ1v) is 10.8. The van der Waals surface area contributed by atoms with Crippen molar-refractivity contribution in [2.75, 3.05) is 31.5 Å². The molecule has 0 saturated carbocycles. The molecule has 0 radical (unpaired) electrons. The third-order valence-corrected chi connectivity index (χ3v) is 5.71. The lowest BCUT2D eigenvalue weighted by Gasteiger charge is -2.34. The standard InChI is InChI=1S/C25H23ClFN3O2/c26-20-10-11-23(27)22(16-20)25(32)30-14-12-29(13-15-30)17-18-6-8-19(9-7-18)24(31)28-21-4-2-1-3-5-21/h1-11,16H,12-15,17H2,(H,28,31). The summed E-state index contributed by atoms with van der Waals surface area (Å²) in [5.74, 6) is -1.04. The average molecular weight is 452 g/mol. The lowest BCUT2D eigenvalue weighted by Crippen LogP contribution is -2.48.